The minimum absolute atomic E-state index is 0.0679. The SMILES string of the molecule is CC(=O)N1CC2(CCN(C(=O)Cc3ccc(Cl)cc3)CC2)C[C@@H]1C(=O)O. The summed E-state index contributed by atoms with van der Waals surface area (Å²) in [5.41, 5.74) is 0.737. The van der Waals surface area contributed by atoms with Gasteiger partial charge in [0.05, 0.1) is 6.42 Å². The molecule has 0 saturated carbocycles. The summed E-state index contributed by atoms with van der Waals surface area (Å²) < 4.78 is 0. The van der Waals surface area contributed by atoms with Gasteiger partial charge in [-0.2, -0.15) is 0 Å². The van der Waals surface area contributed by atoms with Crippen LogP contribution in [0.2, 0.25) is 5.02 Å². The Morgan fingerprint density at radius 3 is 2.31 bits per heavy atom. The number of carboxylic acids is 1. The first kappa shape index (κ1) is 18.7. The van der Waals surface area contributed by atoms with Crippen molar-refractivity contribution in [2.24, 2.45) is 5.41 Å². The summed E-state index contributed by atoms with van der Waals surface area (Å²) in [6.07, 6.45) is 2.27. The molecule has 2 saturated heterocycles. The van der Waals surface area contributed by atoms with Gasteiger partial charge in [-0.25, -0.2) is 4.79 Å². The van der Waals surface area contributed by atoms with E-state index in [0.717, 1.165) is 18.4 Å². The highest BCUT2D eigenvalue weighted by Gasteiger charge is 2.49. The van der Waals surface area contributed by atoms with Crippen molar-refractivity contribution in [1.82, 2.24) is 9.80 Å². The maximum absolute atomic E-state index is 12.5. The molecule has 0 radical (unpaired) electrons. The van der Waals surface area contributed by atoms with E-state index < -0.39 is 12.0 Å². The lowest BCUT2D eigenvalue weighted by Gasteiger charge is -2.39. The molecule has 7 heteroatoms. The fourth-order valence-corrected chi connectivity index (χ4v) is 4.22. The molecule has 2 fully saturated rings. The highest BCUT2D eigenvalue weighted by molar-refractivity contribution is 6.30. The fourth-order valence-electron chi connectivity index (χ4n) is 4.09. The Labute approximate surface area is 157 Å². The number of carbonyl (C=O) groups is 3. The molecule has 2 amide bonds. The van der Waals surface area contributed by atoms with Crippen LogP contribution in [-0.4, -0.2) is 58.4 Å². The Kier molecular flexibility index (Phi) is 5.23. The largest absolute Gasteiger partial charge is 0.480 e. The Morgan fingerprint density at radius 1 is 1.19 bits per heavy atom. The zero-order valence-corrected chi connectivity index (χ0v) is 15.5. The third kappa shape index (κ3) is 3.85. The van der Waals surface area contributed by atoms with Crippen LogP contribution < -0.4 is 0 Å². The van der Waals surface area contributed by atoms with Gasteiger partial charge in [0.15, 0.2) is 0 Å². The minimum Gasteiger partial charge on any atom is -0.480 e. The first-order valence-corrected chi connectivity index (χ1v) is 9.20. The summed E-state index contributed by atoms with van der Waals surface area (Å²) in [4.78, 5) is 39.1. The standard InChI is InChI=1S/C19H23ClN2O4/c1-13(23)22-12-19(11-16(22)18(25)26)6-8-21(9-7-19)17(24)10-14-2-4-15(20)5-3-14/h2-5,16H,6-12H2,1H3,(H,25,26)/t16-/m1/s1. The molecular weight excluding hydrogens is 356 g/mol. The second-order valence-electron chi connectivity index (χ2n) is 7.39. The number of carbonyl (C=O) groups excluding carboxylic acids is 2. The van der Waals surface area contributed by atoms with Crippen LogP contribution in [0.15, 0.2) is 24.3 Å². The third-order valence-corrected chi connectivity index (χ3v) is 5.90. The lowest BCUT2D eigenvalue weighted by atomic mass is 9.76. The van der Waals surface area contributed by atoms with Crippen molar-refractivity contribution in [1.29, 1.82) is 0 Å². The highest BCUT2D eigenvalue weighted by Crippen LogP contribution is 2.43. The van der Waals surface area contributed by atoms with E-state index in [9.17, 15) is 19.5 Å². The van der Waals surface area contributed by atoms with E-state index in [1.54, 1.807) is 12.1 Å². The Balaban J connectivity index is 1.60. The van der Waals surface area contributed by atoms with Crippen molar-refractivity contribution in [2.75, 3.05) is 19.6 Å². The van der Waals surface area contributed by atoms with E-state index in [0.29, 0.717) is 37.5 Å². The summed E-state index contributed by atoms with van der Waals surface area (Å²) >= 11 is 5.87. The van der Waals surface area contributed by atoms with Crippen LogP contribution in [0, 0.1) is 5.41 Å². The van der Waals surface area contributed by atoms with Gasteiger partial charge in [-0.15, -0.1) is 0 Å². The zero-order chi connectivity index (χ0) is 18.9. The van der Waals surface area contributed by atoms with Gasteiger partial charge >= 0.3 is 5.97 Å². The number of halogens is 1. The van der Waals surface area contributed by atoms with Crippen molar-refractivity contribution in [3.05, 3.63) is 34.9 Å². The maximum atomic E-state index is 12.5. The van der Waals surface area contributed by atoms with E-state index in [1.165, 1.54) is 11.8 Å². The number of benzene rings is 1. The van der Waals surface area contributed by atoms with Crippen LogP contribution in [0.5, 0.6) is 0 Å². The lowest BCUT2D eigenvalue weighted by molar-refractivity contribution is -0.147. The van der Waals surface area contributed by atoms with Crippen LogP contribution in [-0.2, 0) is 20.8 Å². The van der Waals surface area contributed by atoms with Gasteiger partial charge < -0.3 is 14.9 Å². The number of aliphatic carboxylic acids is 1. The minimum atomic E-state index is -0.946. The molecule has 2 aliphatic heterocycles. The summed E-state index contributed by atoms with van der Waals surface area (Å²) in [5.74, 6) is -1.08. The van der Waals surface area contributed by atoms with Gasteiger partial charge in [-0.05, 0) is 42.4 Å². The number of piperidine rings is 1. The molecule has 2 aliphatic rings. The number of hydrogen-bond acceptors (Lipinski definition) is 3. The van der Waals surface area contributed by atoms with Crippen LogP contribution in [0.1, 0.15) is 31.7 Å². The average Bonchev–Trinajstić information content (AvgIpc) is 2.97. The van der Waals surface area contributed by atoms with Gasteiger partial charge in [-0.1, -0.05) is 23.7 Å². The van der Waals surface area contributed by atoms with E-state index in [4.69, 9.17) is 11.6 Å². The number of nitrogens with zero attached hydrogens (tertiary/aromatic N) is 2. The van der Waals surface area contributed by atoms with Crippen LogP contribution in [0.3, 0.4) is 0 Å². The van der Waals surface area contributed by atoms with Gasteiger partial charge in [0.1, 0.15) is 6.04 Å². The number of carboxylic acid groups (broad SMARTS) is 1. The van der Waals surface area contributed by atoms with Crippen molar-refractivity contribution in [3.8, 4) is 0 Å². The molecule has 0 aliphatic carbocycles. The van der Waals surface area contributed by atoms with Crippen LogP contribution in [0.4, 0.5) is 0 Å². The number of likely N-dealkylation sites (tertiary alicyclic amines) is 2. The summed E-state index contributed by atoms with van der Waals surface area (Å²) in [6.45, 7) is 3.09. The Morgan fingerprint density at radius 2 is 1.81 bits per heavy atom. The normalized spacial score (nSPS) is 21.8. The van der Waals surface area contributed by atoms with Crippen molar-refractivity contribution < 1.29 is 19.5 Å². The molecule has 2 heterocycles. The third-order valence-electron chi connectivity index (χ3n) is 5.64. The molecular formula is C19H23ClN2O4. The lowest BCUT2D eigenvalue weighted by Crippen LogP contribution is -2.45. The molecule has 0 aromatic heterocycles. The Bertz CT molecular complexity index is 687. The monoisotopic (exact) mass is 378 g/mol. The zero-order valence-electron chi connectivity index (χ0n) is 14.8. The summed E-state index contributed by atoms with van der Waals surface area (Å²) in [7, 11) is 0. The van der Waals surface area contributed by atoms with E-state index >= 15 is 0 Å². The molecule has 1 aromatic rings. The second-order valence-corrected chi connectivity index (χ2v) is 7.83. The Hall–Kier alpha value is -2.08. The molecule has 0 unspecified atom stereocenters. The molecule has 1 aromatic carbocycles. The summed E-state index contributed by atoms with van der Waals surface area (Å²) in [5, 5.41) is 10.0. The molecule has 140 valence electrons. The van der Waals surface area contributed by atoms with Crippen LogP contribution >= 0.6 is 11.6 Å². The van der Waals surface area contributed by atoms with Gasteiger partial charge in [0.25, 0.3) is 0 Å². The van der Waals surface area contributed by atoms with Crippen molar-refractivity contribution >= 4 is 29.4 Å². The van der Waals surface area contributed by atoms with Crippen LogP contribution in [0.25, 0.3) is 0 Å². The number of rotatable bonds is 3. The van der Waals surface area contributed by atoms with Gasteiger partial charge in [0, 0.05) is 31.6 Å². The van der Waals surface area contributed by atoms with Crippen molar-refractivity contribution in [3.63, 3.8) is 0 Å². The molecule has 1 N–H and O–H groups in total. The average molecular weight is 379 g/mol. The predicted molar refractivity (Wildman–Crippen MR) is 96.8 cm³/mol. The predicted octanol–water partition coefficient (Wildman–Crippen LogP) is 2.20. The summed E-state index contributed by atoms with van der Waals surface area (Å²) in [6, 6.07) is 6.51. The van der Waals surface area contributed by atoms with E-state index in [1.807, 2.05) is 17.0 Å². The van der Waals surface area contributed by atoms with E-state index in [-0.39, 0.29) is 17.2 Å². The number of amides is 2. The molecule has 26 heavy (non-hydrogen) atoms. The van der Waals surface area contributed by atoms with Gasteiger partial charge in [0.2, 0.25) is 11.8 Å². The van der Waals surface area contributed by atoms with E-state index in [2.05, 4.69) is 0 Å². The van der Waals surface area contributed by atoms with Gasteiger partial charge in [-0.3, -0.25) is 9.59 Å². The molecule has 6 nitrogen and oxygen atoms in total. The maximum Gasteiger partial charge on any atom is 0.326 e. The molecule has 3 rings (SSSR count). The second kappa shape index (κ2) is 7.27. The topological polar surface area (TPSA) is 77.9 Å². The number of hydrogen-bond donors (Lipinski definition) is 1. The highest BCUT2D eigenvalue weighted by atomic mass is 35.5. The molecule has 0 bridgehead atoms. The molecule has 1 spiro atoms. The molecule has 1 atom stereocenters. The van der Waals surface area contributed by atoms with Crippen molar-refractivity contribution in [2.45, 2.75) is 38.6 Å². The quantitative estimate of drug-likeness (QED) is 0.874. The smallest absolute Gasteiger partial charge is 0.326 e. The first-order chi connectivity index (χ1) is 12.3. The first-order valence-electron chi connectivity index (χ1n) is 8.82. The fraction of sp³-hybridized carbons (Fsp3) is 0.526.